The molecule has 1 aliphatic heterocycles. The highest BCUT2D eigenvalue weighted by molar-refractivity contribution is 7.90. The SMILES string of the molecule is O=[N+]([O-])c1ccc(-c2cnc(C3CCN(S(=O)(=O)C(F)(F)F)CC3)s2)cc1. The van der Waals surface area contributed by atoms with Gasteiger partial charge in [-0.3, -0.25) is 10.1 Å². The number of hydrogen-bond acceptors (Lipinski definition) is 6. The fourth-order valence-corrected chi connectivity index (χ4v) is 4.92. The monoisotopic (exact) mass is 421 g/mol. The van der Waals surface area contributed by atoms with E-state index in [2.05, 4.69) is 4.98 Å². The van der Waals surface area contributed by atoms with Gasteiger partial charge in [-0.25, -0.2) is 13.4 Å². The Morgan fingerprint density at radius 1 is 1.19 bits per heavy atom. The third kappa shape index (κ3) is 3.96. The molecule has 7 nitrogen and oxygen atoms in total. The van der Waals surface area contributed by atoms with Crippen LogP contribution < -0.4 is 0 Å². The van der Waals surface area contributed by atoms with E-state index in [1.807, 2.05) is 0 Å². The molecule has 2 heterocycles. The molecule has 0 amide bonds. The number of nitrogens with zero attached hydrogens (tertiary/aromatic N) is 3. The number of aromatic nitrogens is 1. The van der Waals surface area contributed by atoms with E-state index < -0.39 is 20.5 Å². The normalized spacial score (nSPS) is 17.1. The predicted molar refractivity (Wildman–Crippen MR) is 92.7 cm³/mol. The van der Waals surface area contributed by atoms with E-state index in [0.29, 0.717) is 9.31 Å². The predicted octanol–water partition coefficient (Wildman–Crippen LogP) is 3.75. The van der Waals surface area contributed by atoms with Crippen LogP contribution in [0.2, 0.25) is 0 Å². The van der Waals surface area contributed by atoms with Gasteiger partial charge in [0.05, 0.1) is 14.8 Å². The Bertz CT molecular complexity index is 934. The van der Waals surface area contributed by atoms with E-state index >= 15 is 0 Å². The zero-order chi connectivity index (χ0) is 19.8. The van der Waals surface area contributed by atoms with Gasteiger partial charge < -0.3 is 0 Å². The lowest BCUT2D eigenvalue weighted by molar-refractivity contribution is -0.384. The van der Waals surface area contributed by atoms with Crippen LogP contribution in [0.15, 0.2) is 30.5 Å². The molecule has 1 aliphatic rings. The summed E-state index contributed by atoms with van der Waals surface area (Å²) in [5.41, 5.74) is -4.56. The van der Waals surface area contributed by atoms with Crippen molar-refractivity contribution in [3.8, 4) is 10.4 Å². The van der Waals surface area contributed by atoms with Crippen LogP contribution in [-0.4, -0.2) is 41.2 Å². The number of hydrogen-bond donors (Lipinski definition) is 0. The number of nitro benzene ring substituents is 1. The Morgan fingerprint density at radius 3 is 2.30 bits per heavy atom. The number of nitro groups is 1. The second-order valence-corrected chi connectivity index (χ2v) is 8.98. The molecule has 1 fully saturated rings. The van der Waals surface area contributed by atoms with Crippen LogP contribution in [0.1, 0.15) is 23.8 Å². The van der Waals surface area contributed by atoms with Crippen LogP contribution in [0.3, 0.4) is 0 Å². The number of piperidine rings is 1. The summed E-state index contributed by atoms with van der Waals surface area (Å²) >= 11 is 1.35. The molecule has 0 N–H and O–H groups in total. The largest absolute Gasteiger partial charge is 0.511 e. The summed E-state index contributed by atoms with van der Waals surface area (Å²) in [6, 6.07) is 5.98. The van der Waals surface area contributed by atoms with E-state index in [9.17, 15) is 31.7 Å². The Balaban J connectivity index is 1.69. The van der Waals surface area contributed by atoms with Crippen molar-refractivity contribution < 1.29 is 26.5 Å². The number of sulfonamides is 1. The van der Waals surface area contributed by atoms with Crippen molar-refractivity contribution in [2.75, 3.05) is 13.1 Å². The summed E-state index contributed by atoms with van der Waals surface area (Å²) in [6.07, 6.45) is 2.12. The highest BCUT2D eigenvalue weighted by Gasteiger charge is 2.50. The zero-order valence-electron chi connectivity index (χ0n) is 13.7. The van der Waals surface area contributed by atoms with Crippen LogP contribution in [0.25, 0.3) is 10.4 Å². The zero-order valence-corrected chi connectivity index (χ0v) is 15.4. The third-order valence-electron chi connectivity index (χ3n) is 4.32. The lowest BCUT2D eigenvalue weighted by Crippen LogP contribution is -2.44. The molecule has 2 aromatic rings. The molecule has 0 aliphatic carbocycles. The van der Waals surface area contributed by atoms with Crippen LogP contribution >= 0.6 is 11.3 Å². The Hall–Kier alpha value is -2.05. The van der Waals surface area contributed by atoms with Gasteiger partial charge in [0.25, 0.3) is 5.69 Å². The minimum Gasteiger partial charge on any atom is -0.258 e. The quantitative estimate of drug-likeness (QED) is 0.554. The minimum atomic E-state index is -5.29. The van der Waals surface area contributed by atoms with Crippen molar-refractivity contribution in [1.82, 2.24) is 9.29 Å². The van der Waals surface area contributed by atoms with E-state index in [0.717, 1.165) is 10.4 Å². The summed E-state index contributed by atoms with van der Waals surface area (Å²) < 4.78 is 61.3. The first-order chi connectivity index (χ1) is 12.6. The second kappa shape index (κ2) is 7.17. The van der Waals surface area contributed by atoms with Gasteiger partial charge in [0.2, 0.25) is 0 Å². The maximum absolute atomic E-state index is 12.6. The van der Waals surface area contributed by atoms with Gasteiger partial charge in [-0.1, -0.05) is 0 Å². The number of alkyl halides is 3. The minimum absolute atomic E-state index is 0.0262. The van der Waals surface area contributed by atoms with Crippen LogP contribution in [0.4, 0.5) is 18.9 Å². The molecular weight excluding hydrogens is 407 g/mol. The van der Waals surface area contributed by atoms with Crippen molar-refractivity contribution >= 4 is 27.0 Å². The Labute approximate surface area is 156 Å². The maximum atomic E-state index is 12.6. The molecule has 0 spiro atoms. The van der Waals surface area contributed by atoms with Gasteiger partial charge in [0.1, 0.15) is 0 Å². The van der Waals surface area contributed by atoms with Gasteiger partial charge in [0, 0.05) is 37.3 Å². The first-order valence-electron chi connectivity index (χ1n) is 7.86. The number of thiazole rings is 1. The lowest BCUT2D eigenvalue weighted by atomic mass is 9.99. The molecule has 0 bridgehead atoms. The van der Waals surface area contributed by atoms with Gasteiger partial charge >= 0.3 is 15.5 Å². The van der Waals surface area contributed by atoms with Crippen molar-refractivity contribution in [2.24, 2.45) is 0 Å². The first-order valence-corrected chi connectivity index (χ1v) is 10.1. The lowest BCUT2D eigenvalue weighted by Gasteiger charge is -2.30. The van der Waals surface area contributed by atoms with Gasteiger partial charge in [-0.15, -0.1) is 11.3 Å². The fraction of sp³-hybridized carbons (Fsp3) is 0.400. The summed E-state index contributed by atoms with van der Waals surface area (Å²) in [5.74, 6) is -0.124. The standard InChI is InChI=1S/C15H14F3N3O4S2/c16-15(17,18)27(24,25)20-7-5-11(6-8-20)14-19-9-13(26-14)10-1-3-12(4-2-10)21(22)23/h1-4,9,11H,5-8H2. The molecule has 146 valence electrons. The van der Waals surface area contributed by atoms with Crippen molar-refractivity contribution in [2.45, 2.75) is 24.3 Å². The van der Waals surface area contributed by atoms with Crippen molar-refractivity contribution in [3.63, 3.8) is 0 Å². The number of halogens is 3. The van der Waals surface area contributed by atoms with Crippen LogP contribution in [-0.2, 0) is 10.0 Å². The highest BCUT2D eigenvalue weighted by Crippen LogP contribution is 2.37. The fourth-order valence-electron chi connectivity index (χ4n) is 2.85. The molecule has 0 saturated carbocycles. The molecule has 1 aromatic heterocycles. The Kier molecular flexibility index (Phi) is 5.23. The van der Waals surface area contributed by atoms with Gasteiger partial charge in [0.15, 0.2) is 0 Å². The number of rotatable bonds is 4. The van der Waals surface area contributed by atoms with E-state index in [-0.39, 0.29) is 37.5 Å². The molecule has 27 heavy (non-hydrogen) atoms. The van der Waals surface area contributed by atoms with E-state index in [4.69, 9.17) is 0 Å². The summed E-state index contributed by atoms with van der Waals surface area (Å²) in [7, 11) is -5.29. The molecule has 0 unspecified atom stereocenters. The highest BCUT2D eigenvalue weighted by atomic mass is 32.2. The summed E-state index contributed by atoms with van der Waals surface area (Å²) in [5, 5.41) is 11.4. The number of benzene rings is 1. The molecule has 0 atom stereocenters. The average Bonchev–Trinajstić information content (AvgIpc) is 3.11. The van der Waals surface area contributed by atoms with E-state index in [1.54, 1.807) is 18.3 Å². The molecule has 3 rings (SSSR count). The van der Waals surface area contributed by atoms with Crippen molar-refractivity contribution in [1.29, 1.82) is 0 Å². The maximum Gasteiger partial charge on any atom is 0.511 e. The summed E-state index contributed by atoms with van der Waals surface area (Å²) in [6.45, 7) is -0.419. The smallest absolute Gasteiger partial charge is 0.258 e. The van der Waals surface area contributed by atoms with Crippen LogP contribution in [0.5, 0.6) is 0 Å². The second-order valence-electron chi connectivity index (χ2n) is 5.99. The molecular formula is C15H14F3N3O4S2. The van der Waals surface area contributed by atoms with Crippen LogP contribution in [0, 0.1) is 10.1 Å². The third-order valence-corrected chi connectivity index (χ3v) is 7.16. The van der Waals surface area contributed by atoms with Gasteiger partial charge in [-0.05, 0) is 30.5 Å². The average molecular weight is 421 g/mol. The molecule has 1 saturated heterocycles. The van der Waals surface area contributed by atoms with Gasteiger partial charge in [-0.2, -0.15) is 17.5 Å². The molecule has 0 radical (unpaired) electrons. The Morgan fingerprint density at radius 2 is 1.78 bits per heavy atom. The number of non-ortho nitro benzene ring substituents is 1. The first kappa shape index (κ1) is 19.7. The molecule has 12 heteroatoms. The summed E-state index contributed by atoms with van der Waals surface area (Å²) in [4.78, 5) is 15.3. The van der Waals surface area contributed by atoms with Crippen molar-refractivity contribution in [3.05, 3.63) is 45.6 Å². The molecule has 1 aromatic carbocycles. The topological polar surface area (TPSA) is 93.4 Å². The van der Waals surface area contributed by atoms with E-state index in [1.165, 1.54) is 23.5 Å².